The molecule has 0 radical (unpaired) electrons. The predicted molar refractivity (Wildman–Crippen MR) is 66.6 cm³/mol. The Morgan fingerprint density at radius 1 is 1.37 bits per heavy atom. The Bertz CT molecular complexity index is 599. The van der Waals surface area contributed by atoms with Crippen molar-refractivity contribution in [3.05, 3.63) is 40.4 Å². The summed E-state index contributed by atoms with van der Waals surface area (Å²) in [5.41, 5.74) is -1.34. The summed E-state index contributed by atoms with van der Waals surface area (Å²) in [6.45, 7) is 2.86. The van der Waals surface area contributed by atoms with Crippen LogP contribution in [0.2, 0.25) is 5.02 Å². The van der Waals surface area contributed by atoms with E-state index in [0.717, 1.165) is 12.1 Å². The number of alkyl halides is 3. The molecule has 0 unspecified atom stereocenters. The molecule has 0 heterocycles. The maximum absolute atomic E-state index is 12.8. The molecule has 106 valence electrons. The van der Waals surface area contributed by atoms with E-state index in [1.807, 2.05) is 4.72 Å². The lowest BCUT2D eigenvalue weighted by molar-refractivity contribution is -0.139. The number of sulfonamides is 1. The van der Waals surface area contributed by atoms with Gasteiger partial charge in [0.25, 0.3) is 0 Å². The largest absolute Gasteiger partial charge is 0.417 e. The van der Waals surface area contributed by atoms with Gasteiger partial charge in [-0.25, -0.2) is 13.1 Å². The second kappa shape index (κ2) is 5.70. The fraction of sp³-hybridized carbons (Fsp3) is 0.200. The van der Waals surface area contributed by atoms with E-state index in [4.69, 9.17) is 23.2 Å². The average molecular weight is 334 g/mol. The first-order valence-corrected chi connectivity index (χ1v) is 6.97. The molecule has 3 nitrogen and oxygen atoms in total. The zero-order valence-corrected chi connectivity index (χ0v) is 11.6. The molecule has 0 aliphatic rings. The van der Waals surface area contributed by atoms with Gasteiger partial charge >= 0.3 is 6.18 Å². The van der Waals surface area contributed by atoms with Crippen LogP contribution in [0.5, 0.6) is 0 Å². The third-order valence-corrected chi connectivity index (χ3v) is 3.82. The van der Waals surface area contributed by atoms with Crippen molar-refractivity contribution >= 4 is 33.2 Å². The van der Waals surface area contributed by atoms with E-state index >= 15 is 0 Å². The zero-order chi connectivity index (χ0) is 14.8. The monoisotopic (exact) mass is 333 g/mol. The van der Waals surface area contributed by atoms with Gasteiger partial charge in [0.1, 0.15) is 0 Å². The quantitative estimate of drug-likeness (QED) is 0.917. The SMILES string of the molecule is C=C(Cl)CNS(=O)(=O)c1ccc(Cl)cc1C(F)(F)F. The van der Waals surface area contributed by atoms with Gasteiger partial charge in [0.15, 0.2) is 0 Å². The van der Waals surface area contributed by atoms with Gasteiger partial charge in [-0.3, -0.25) is 0 Å². The van der Waals surface area contributed by atoms with Crippen molar-refractivity contribution < 1.29 is 21.6 Å². The highest BCUT2D eigenvalue weighted by Crippen LogP contribution is 2.35. The smallest absolute Gasteiger partial charge is 0.207 e. The third-order valence-electron chi connectivity index (χ3n) is 1.99. The van der Waals surface area contributed by atoms with Crippen LogP contribution in [0.4, 0.5) is 13.2 Å². The molecule has 0 spiro atoms. The van der Waals surface area contributed by atoms with E-state index in [-0.39, 0.29) is 16.6 Å². The Morgan fingerprint density at radius 3 is 2.42 bits per heavy atom. The molecule has 19 heavy (non-hydrogen) atoms. The number of hydrogen-bond donors (Lipinski definition) is 1. The molecule has 9 heteroatoms. The molecule has 0 bridgehead atoms. The Morgan fingerprint density at radius 2 is 1.95 bits per heavy atom. The summed E-state index contributed by atoms with van der Waals surface area (Å²) in [6, 6.07) is 2.39. The second-order valence-corrected chi connectivity index (χ2v) is 6.19. The Balaban J connectivity index is 3.31. The van der Waals surface area contributed by atoms with Gasteiger partial charge in [-0.2, -0.15) is 13.2 Å². The summed E-state index contributed by atoms with van der Waals surface area (Å²) in [6.07, 6.45) is -4.84. The maximum atomic E-state index is 12.8. The van der Waals surface area contributed by atoms with Gasteiger partial charge in [0.2, 0.25) is 10.0 Å². The van der Waals surface area contributed by atoms with Crippen molar-refractivity contribution in [1.29, 1.82) is 0 Å². The molecular weight excluding hydrogens is 326 g/mol. The van der Waals surface area contributed by atoms with E-state index in [9.17, 15) is 21.6 Å². The number of benzene rings is 1. The first-order valence-electron chi connectivity index (χ1n) is 4.74. The van der Waals surface area contributed by atoms with Crippen LogP contribution < -0.4 is 4.72 Å². The van der Waals surface area contributed by atoms with Gasteiger partial charge in [-0.1, -0.05) is 29.8 Å². The van der Waals surface area contributed by atoms with Crippen LogP contribution in [-0.4, -0.2) is 15.0 Å². The lowest BCUT2D eigenvalue weighted by Gasteiger charge is -2.14. The maximum Gasteiger partial charge on any atom is 0.417 e. The Hall–Kier alpha value is -0.760. The molecule has 0 aliphatic heterocycles. The summed E-state index contributed by atoms with van der Waals surface area (Å²) in [4.78, 5) is -0.915. The van der Waals surface area contributed by atoms with E-state index in [0.29, 0.717) is 6.07 Å². The van der Waals surface area contributed by atoms with Crippen molar-refractivity contribution in [1.82, 2.24) is 4.72 Å². The van der Waals surface area contributed by atoms with Crippen LogP contribution in [0, 0.1) is 0 Å². The zero-order valence-electron chi connectivity index (χ0n) is 9.26. The summed E-state index contributed by atoms with van der Waals surface area (Å²) in [5, 5.41) is -0.265. The van der Waals surface area contributed by atoms with E-state index in [1.54, 1.807) is 0 Å². The fourth-order valence-corrected chi connectivity index (χ4v) is 2.76. The van der Waals surface area contributed by atoms with Crippen molar-refractivity contribution in [2.24, 2.45) is 0 Å². The molecule has 1 rings (SSSR count). The highest BCUT2D eigenvalue weighted by molar-refractivity contribution is 7.89. The summed E-state index contributed by atoms with van der Waals surface area (Å²) < 4.78 is 63.7. The van der Waals surface area contributed by atoms with Crippen LogP contribution in [0.1, 0.15) is 5.56 Å². The van der Waals surface area contributed by atoms with Gasteiger partial charge in [0, 0.05) is 16.6 Å². The number of halogens is 5. The van der Waals surface area contributed by atoms with Crippen LogP contribution >= 0.6 is 23.2 Å². The van der Waals surface area contributed by atoms with E-state index < -0.39 is 26.7 Å². The number of rotatable bonds is 4. The average Bonchev–Trinajstić information content (AvgIpc) is 2.25. The minimum Gasteiger partial charge on any atom is -0.207 e. The number of nitrogens with one attached hydrogen (secondary N) is 1. The Kier molecular flexibility index (Phi) is 4.89. The van der Waals surface area contributed by atoms with Crippen LogP contribution in [-0.2, 0) is 16.2 Å². The standard InChI is InChI=1S/C10H8Cl2F3NO2S/c1-6(11)5-16-19(17,18)9-3-2-7(12)4-8(9)10(13,14)15/h2-4,16H,1,5H2. The highest BCUT2D eigenvalue weighted by Gasteiger charge is 2.37. The molecule has 0 saturated heterocycles. The molecule has 0 saturated carbocycles. The van der Waals surface area contributed by atoms with Crippen LogP contribution in [0.15, 0.2) is 34.7 Å². The lowest BCUT2D eigenvalue weighted by atomic mass is 10.2. The summed E-state index contributed by atoms with van der Waals surface area (Å²) in [5.74, 6) is 0. The van der Waals surface area contributed by atoms with Gasteiger partial charge in [-0.15, -0.1) is 0 Å². The minimum atomic E-state index is -4.84. The normalized spacial score (nSPS) is 12.5. The fourth-order valence-electron chi connectivity index (χ4n) is 1.21. The van der Waals surface area contributed by atoms with Crippen molar-refractivity contribution in [3.63, 3.8) is 0 Å². The molecule has 0 atom stereocenters. The van der Waals surface area contributed by atoms with Gasteiger partial charge < -0.3 is 0 Å². The minimum absolute atomic E-state index is 0.0499. The topological polar surface area (TPSA) is 46.2 Å². The van der Waals surface area contributed by atoms with Crippen LogP contribution in [0.3, 0.4) is 0 Å². The highest BCUT2D eigenvalue weighted by atomic mass is 35.5. The molecule has 1 N–H and O–H groups in total. The molecule has 0 aliphatic carbocycles. The van der Waals surface area contributed by atoms with E-state index in [2.05, 4.69) is 6.58 Å². The predicted octanol–water partition coefficient (Wildman–Crippen LogP) is 3.39. The van der Waals surface area contributed by atoms with Gasteiger partial charge in [0.05, 0.1) is 10.5 Å². The van der Waals surface area contributed by atoms with Crippen molar-refractivity contribution in [2.45, 2.75) is 11.1 Å². The lowest BCUT2D eigenvalue weighted by Crippen LogP contribution is -2.27. The Labute approximate surface area is 118 Å². The van der Waals surface area contributed by atoms with Crippen molar-refractivity contribution in [2.75, 3.05) is 6.54 Å². The second-order valence-electron chi connectivity index (χ2n) is 3.48. The van der Waals surface area contributed by atoms with E-state index in [1.165, 1.54) is 0 Å². The number of hydrogen-bond acceptors (Lipinski definition) is 2. The van der Waals surface area contributed by atoms with Gasteiger partial charge in [-0.05, 0) is 18.2 Å². The summed E-state index contributed by atoms with van der Waals surface area (Å²) in [7, 11) is -4.36. The molecular formula is C10H8Cl2F3NO2S. The molecule has 0 aromatic heterocycles. The third kappa shape index (κ3) is 4.38. The molecule has 0 amide bonds. The summed E-state index contributed by atoms with van der Waals surface area (Å²) >= 11 is 10.8. The molecule has 0 fully saturated rings. The molecule has 1 aromatic rings. The van der Waals surface area contributed by atoms with Crippen LogP contribution in [0.25, 0.3) is 0 Å². The van der Waals surface area contributed by atoms with Crippen molar-refractivity contribution in [3.8, 4) is 0 Å². The first-order chi connectivity index (χ1) is 8.54. The first kappa shape index (κ1) is 16.3. The molecule has 1 aromatic carbocycles.